The van der Waals surface area contributed by atoms with E-state index in [2.05, 4.69) is 50.5 Å². The number of rotatable bonds is 21. The zero-order chi connectivity index (χ0) is 45.6. The second-order valence-corrected chi connectivity index (χ2v) is 20.9. The van der Waals surface area contributed by atoms with Gasteiger partial charge in [0, 0.05) is 29.7 Å². The summed E-state index contributed by atoms with van der Waals surface area (Å²) in [5.41, 5.74) is 23.1. The third-order valence-electron chi connectivity index (χ3n) is 9.08. The SMILES string of the molecule is CC(C)(C)SSC[C@H](N)C(=O)NCCCCC(N)C(=O)O[C@H]1[C@@H](O)[C@H](n2cnc3c(N)ncnc32)O[C@@H]1COP(=O)(O)O[C@H]1C[C@H](n2ccc(N)nc2=O)O[C@@H]1COP(=O)(O)O. The van der Waals surface area contributed by atoms with Crippen LogP contribution in [0.15, 0.2) is 29.7 Å². The number of phosphoric ester groups is 2. The van der Waals surface area contributed by atoms with Crippen LogP contribution in [-0.4, -0.2) is 134 Å². The van der Waals surface area contributed by atoms with Gasteiger partial charge >= 0.3 is 27.3 Å². The molecule has 0 saturated carbocycles. The van der Waals surface area contributed by atoms with Crippen LogP contribution in [0.2, 0.25) is 0 Å². The van der Waals surface area contributed by atoms with Crippen LogP contribution in [0.1, 0.15) is 58.9 Å². The van der Waals surface area contributed by atoms with Gasteiger partial charge in [0.1, 0.15) is 54.3 Å². The number of nitrogens with zero attached hydrogens (tertiary/aromatic N) is 6. The van der Waals surface area contributed by atoms with Crippen LogP contribution in [0.3, 0.4) is 0 Å². The van der Waals surface area contributed by atoms with Crippen LogP contribution in [-0.2, 0) is 46.5 Å². The monoisotopic (exact) mass is 955 g/mol. The Morgan fingerprint density at radius 3 is 2.45 bits per heavy atom. The van der Waals surface area contributed by atoms with Gasteiger partial charge in [0.25, 0.3) is 0 Å². The third kappa shape index (κ3) is 13.8. The Labute approximate surface area is 361 Å². The average Bonchev–Trinajstić information content (AvgIpc) is 3.87. The maximum Gasteiger partial charge on any atom is 0.472 e. The number of hydrogen-bond donors (Lipinski definition) is 9. The second-order valence-electron chi connectivity index (χ2n) is 15.1. The minimum Gasteiger partial charge on any atom is -0.455 e. The summed E-state index contributed by atoms with van der Waals surface area (Å²) >= 11 is 0. The van der Waals surface area contributed by atoms with E-state index in [0.29, 0.717) is 18.6 Å². The molecular weight excluding hydrogens is 904 g/mol. The summed E-state index contributed by atoms with van der Waals surface area (Å²) in [7, 11) is -7.11. The summed E-state index contributed by atoms with van der Waals surface area (Å²) in [5, 5.41) is 14.3. The van der Waals surface area contributed by atoms with E-state index in [9.17, 15) is 43.3 Å². The Morgan fingerprint density at radius 1 is 1.03 bits per heavy atom. The first-order valence-corrected chi connectivity index (χ1v) is 24.3. The maximum absolute atomic E-state index is 13.4. The van der Waals surface area contributed by atoms with Gasteiger partial charge in [0.2, 0.25) is 5.91 Å². The van der Waals surface area contributed by atoms with Crippen molar-refractivity contribution in [2.24, 2.45) is 11.5 Å². The van der Waals surface area contributed by atoms with E-state index in [1.165, 1.54) is 34.0 Å². The van der Waals surface area contributed by atoms with E-state index in [1.54, 1.807) is 10.8 Å². The van der Waals surface area contributed by atoms with E-state index >= 15 is 0 Å². The Bertz CT molecular complexity index is 2180. The van der Waals surface area contributed by atoms with E-state index in [4.69, 9.17) is 46.2 Å². The lowest BCUT2D eigenvalue weighted by atomic mass is 10.1. The molecule has 0 spiro atoms. The van der Waals surface area contributed by atoms with Crippen molar-refractivity contribution < 1.29 is 66.3 Å². The molecule has 62 heavy (non-hydrogen) atoms. The number of ether oxygens (including phenoxy) is 3. The first kappa shape index (κ1) is 49.7. The number of anilines is 2. The van der Waals surface area contributed by atoms with E-state index in [1.807, 2.05) is 0 Å². The van der Waals surface area contributed by atoms with Gasteiger partial charge in [-0.2, -0.15) is 4.98 Å². The fourth-order valence-electron chi connectivity index (χ4n) is 6.13. The molecule has 10 atom stereocenters. The van der Waals surface area contributed by atoms with Gasteiger partial charge in [-0.05, 0) is 25.3 Å². The standard InChI is InChI=1S/C32H51N11O15P2S2/c1-32(2,3)62-61-13-17(34)28(45)37-8-5-4-6-16(33)30(46)57-25-20(56-29(24(25)44)43-15-40-23-26(36)38-14-39-27(23)43)12-54-60(51,52)58-18-10-22(42-9-7-21(35)41-31(42)47)55-19(18)11-53-59(48,49)50/h7,9,14-20,22,24-25,29,44H,4-6,8,10-13,33-34H2,1-3H3,(H,37,45)(H,51,52)(H2,35,41,47)(H2,36,38,39)(H2,48,49,50)/t16?,17-,18-,19+,20+,22+,24+,25+,29+/m0/s1. The molecule has 26 nitrogen and oxygen atoms in total. The number of nitrogens with two attached hydrogens (primary N) is 4. The molecule has 0 aromatic carbocycles. The van der Waals surface area contributed by atoms with Crippen LogP contribution in [0, 0.1) is 0 Å². The quantitative estimate of drug-likeness (QED) is 0.0279. The smallest absolute Gasteiger partial charge is 0.455 e. The zero-order valence-electron chi connectivity index (χ0n) is 33.6. The van der Waals surface area contributed by atoms with Crippen LogP contribution in [0.25, 0.3) is 11.2 Å². The Balaban J connectivity index is 1.23. The van der Waals surface area contributed by atoms with Crippen molar-refractivity contribution in [2.75, 3.05) is 37.0 Å². The molecule has 0 bridgehead atoms. The van der Waals surface area contributed by atoms with Crippen molar-refractivity contribution in [1.82, 2.24) is 34.4 Å². The molecule has 1 amide bonds. The molecule has 2 saturated heterocycles. The molecule has 0 radical (unpaired) electrons. The van der Waals surface area contributed by atoms with Crippen molar-refractivity contribution in [3.63, 3.8) is 0 Å². The van der Waals surface area contributed by atoms with Crippen molar-refractivity contribution in [2.45, 2.75) is 106 Å². The van der Waals surface area contributed by atoms with Gasteiger partial charge in [-0.3, -0.25) is 32.3 Å². The van der Waals surface area contributed by atoms with Crippen LogP contribution in [0.5, 0.6) is 0 Å². The highest BCUT2D eigenvalue weighted by Crippen LogP contribution is 2.50. The molecule has 2 aliphatic heterocycles. The molecule has 346 valence electrons. The third-order valence-corrected chi connectivity index (χ3v) is 14.0. The number of aromatic nitrogens is 6. The number of carbonyl (C=O) groups excluding carboxylic acids is 2. The molecule has 5 heterocycles. The fourth-order valence-corrected chi connectivity index (χ4v) is 9.86. The van der Waals surface area contributed by atoms with Gasteiger partial charge in [0.15, 0.2) is 23.8 Å². The number of aliphatic hydroxyl groups excluding tert-OH is 1. The molecule has 0 aliphatic carbocycles. The molecular formula is C32H51N11O15P2S2. The normalized spacial score (nSPS) is 25.1. The van der Waals surface area contributed by atoms with Crippen LogP contribution >= 0.6 is 37.2 Å². The number of phosphoric acid groups is 2. The molecule has 2 aliphatic rings. The van der Waals surface area contributed by atoms with Crippen molar-refractivity contribution >= 4 is 71.9 Å². The highest BCUT2D eigenvalue weighted by Gasteiger charge is 2.50. The number of nitrogen functional groups attached to an aromatic ring is 2. The van der Waals surface area contributed by atoms with E-state index in [-0.39, 0.29) is 52.8 Å². The first-order chi connectivity index (χ1) is 29.0. The summed E-state index contributed by atoms with van der Waals surface area (Å²) in [5.74, 6) is -0.921. The molecule has 3 aromatic rings. The Kier molecular flexibility index (Phi) is 16.9. The van der Waals surface area contributed by atoms with Crippen LogP contribution in [0.4, 0.5) is 11.6 Å². The van der Waals surface area contributed by atoms with Gasteiger partial charge in [-0.15, -0.1) is 0 Å². The molecule has 3 aromatic heterocycles. The Hall–Kier alpha value is -3.31. The number of imidazole rings is 1. The number of carbonyl (C=O) groups is 2. The topological polar surface area (TPSA) is 399 Å². The predicted molar refractivity (Wildman–Crippen MR) is 222 cm³/mol. The highest BCUT2D eigenvalue weighted by molar-refractivity contribution is 8.77. The number of aliphatic hydroxyl groups is 1. The molecule has 30 heteroatoms. The van der Waals surface area contributed by atoms with Crippen molar-refractivity contribution in [1.29, 1.82) is 0 Å². The number of amides is 1. The fraction of sp³-hybridized carbons (Fsp3) is 0.656. The van der Waals surface area contributed by atoms with Gasteiger partial charge in [0.05, 0.1) is 25.6 Å². The number of nitrogens with one attached hydrogen (secondary N) is 1. The number of unbranched alkanes of at least 4 members (excludes halogenated alkanes) is 1. The largest absolute Gasteiger partial charge is 0.472 e. The molecule has 5 rings (SSSR count). The lowest BCUT2D eigenvalue weighted by molar-refractivity contribution is -0.158. The van der Waals surface area contributed by atoms with Crippen molar-refractivity contribution in [3.8, 4) is 0 Å². The van der Waals surface area contributed by atoms with Gasteiger partial charge in [-0.1, -0.05) is 42.4 Å². The predicted octanol–water partition coefficient (Wildman–Crippen LogP) is -0.562. The molecule has 2 unspecified atom stereocenters. The minimum absolute atomic E-state index is 0.0131. The lowest BCUT2D eigenvalue weighted by Gasteiger charge is -2.24. The highest BCUT2D eigenvalue weighted by atomic mass is 33.1. The average molecular weight is 956 g/mol. The summed E-state index contributed by atoms with van der Waals surface area (Å²) in [6.45, 7) is 4.75. The van der Waals surface area contributed by atoms with Gasteiger partial charge in [-0.25, -0.2) is 28.9 Å². The number of fused-ring (bicyclic) bond motifs is 1. The lowest BCUT2D eigenvalue weighted by Crippen LogP contribution is -2.43. The van der Waals surface area contributed by atoms with E-state index in [0.717, 1.165) is 10.9 Å². The summed E-state index contributed by atoms with van der Waals surface area (Å²) in [4.78, 5) is 83.4. The summed E-state index contributed by atoms with van der Waals surface area (Å²) in [6.07, 6.45) is -5.93. The van der Waals surface area contributed by atoms with Crippen molar-refractivity contribution in [3.05, 3.63) is 35.4 Å². The first-order valence-electron chi connectivity index (χ1n) is 18.9. The summed E-state index contributed by atoms with van der Waals surface area (Å²) < 4.78 is 59.7. The molecule has 2 fully saturated rings. The minimum atomic E-state index is -5.18. The maximum atomic E-state index is 13.4. The van der Waals surface area contributed by atoms with Crippen LogP contribution < -0.4 is 33.9 Å². The summed E-state index contributed by atoms with van der Waals surface area (Å²) in [6, 6.07) is -0.625. The number of hydrogen-bond acceptors (Lipinski definition) is 22. The second kappa shape index (κ2) is 21.1. The number of esters is 1. The van der Waals surface area contributed by atoms with Gasteiger partial charge < -0.3 is 62.2 Å². The van der Waals surface area contributed by atoms with E-state index < -0.39 is 95.6 Å². The Morgan fingerprint density at radius 2 is 1.76 bits per heavy atom. The molecule has 13 N–H and O–H groups in total. The zero-order valence-corrected chi connectivity index (χ0v) is 37.1.